The molecule has 0 aromatic heterocycles. The molecule has 3 saturated heterocycles. The molecule has 4 fully saturated rings. The van der Waals surface area contributed by atoms with Crippen LogP contribution >= 0.6 is 0 Å². The van der Waals surface area contributed by atoms with E-state index >= 15 is 0 Å². The zero-order valence-electron chi connectivity index (χ0n) is 13.3. The Balaban J connectivity index is 1.43. The zero-order valence-corrected chi connectivity index (χ0v) is 13.3. The summed E-state index contributed by atoms with van der Waals surface area (Å²) in [5.41, 5.74) is 1.85. The van der Waals surface area contributed by atoms with E-state index in [1.807, 2.05) is 5.57 Å². The SMILES string of the molecule is C1=C2CCCN(CC3CC3)[C@H]2[C@@H]2C[C@H]1[C@H]1CCCCN1C2. The molecule has 5 rings (SSSR count). The molecule has 2 heteroatoms. The summed E-state index contributed by atoms with van der Waals surface area (Å²) in [6, 6.07) is 1.74. The van der Waals surface area contributed by atoms with Crippen molar-refractivity contribution in [2.45, 2.75) is 63.5 Å². The van der Waals surface area contributed by atoms with Crippen LogP contribution < -0.4 is 0 Å². The number of rotatable bonds is 2. The molecular weight excluding hydrogens is 256 g/mol. The van der Waals surface area contributed by atoms with Gasteiger partial charge in [-0.2, -0.15) is 0 Å². The first-order valence-electron chi connectivity index (χ1n) is 9.57. The molecule has 21 heavy (non-hydrogen) atoms. The van der Waals surface area contributed by atoms with E-state index < -0.39 is 0 Å². The van der Waals surface area contributed by atoms with Gasteiger partial charge in [0.25, 0.3) is 0 Å². The minimum absolute atomic E-state index is 0.832. The maximum atomic E-state index is 2.90. The molecule has 0 radical (unpaired) electrons. The lowest BCUT2D eigenvalue weighted by Crippen LogP contribution is -2.59. The first-order chi connectivity index (χ1) is 10.4. The van der Waals surface area contributed by atoms with Crippen LogP contribution in [0.2, 0.25) is 0 Å². The second-order valence-corrected chi connectivity index (χ2v) is 8.45. The Labute approximate surface area is 129 Å². The number of piperidine rings is 3. The first-order valence-corrected chi connectivity index (χ1v) is 9.57. The minimum atomic E-state index is 0.832. The van der Waals surface area contributed by atoms with Crippen LogP contribution in [0.3, 0.4) is 0 Å². The van der Waals surface area contributed by atoms with E-state index in [2.05, 4.69) is 15.9 Å². The van der Waals surface area contributed by atoms with E-state index in [9.17, 15) is 0 Å². The highest BCUT2D eigenvalue weighted by Crippen LogP contribution is 2.45. The lowest BCUT2D eigenvalue weighted by Gasteiger charge is -2.55. The number of nitrogens with zero attached hydrogens (tertiary/aromatic N) is 2. The Morgan fingerprint density at radius 1 is 1.05 bits per heavy atom. The lowest BCUT2D eigenvalue weighted by molar-refractivity contribution is -0.00164. The summed E-state index contributed by atoms with van der Waals surface area (Å²) >= 11 is 0. The molecule has 2 bridgehead atoms. The molecule has 3 heterocycles. The van der Waals surface area contributed by atoms with E-state index in [-0.39, 0.29) is 0 Å². The van der Waals surface area contributed by atoms with Crippen molar-refractivity contribution in [2.75, 3.05) is 26.2 Å². The van der Waals surface area contributed by atoms with Gasteiger partial charge >= 0.3 is 0 Å². The van der Waals surface area contributed by atoms with E-state index in [0.29, 0.717) is 0 Å². The molecule has 5 aliphatic rings. The zero-order chi connectivity index (χ0) is 13.8. The molecule has 1 saturated carbocycles. The van der Waals surface area contributed by atoms with Gasteiger partial charge in [0.1, 0.15) is 0 Å². The molecule has 2 aliphatic carbocycles. The first kappa shape index (κ1) is 13.1. The van der Waals surface area contributed by atoms with Crippen LogP contribution in [0.4, 0.5) is 0 Å². The molecule has 2 nitrogen and oxygen atoms in total. The van der Waals surface area contributed by atoms with Gasteiger partial charge in [0.15, 0.2) is 0 Å². The van der Waals surface area contributed by atoms with E-state index in [1.54, 1.807) is 0 Å². The lowest BCUT2D eigenvalue weighted by atomic mass is 9.68. The normalized spacial score (nSPS) is 43.9. The monoisotopic (exact) mass is 286 g/mol. The average molecular weight is 286 g/mol. The third-order valence-electron chi connectivity index (χ3n) is 6.95. The van der Waals surface area contributed by atoms with Crippen LogP contribution in [0.1, 0.15) is 51.4 Å². The van der Waals surface area contributed by atoms with Gasteiger partial charge in [-0.15, -0.1) is 0 Å². The molecule has 0 unspecified atom stereocenters. The third-order valence-corrected chi connectivity index (χ3v) is 6.95. The molecule has 0 aromatic rings. The van der Waals surface area contributed by atoms with E-state index in [0.717, 1.165) is 29.8 Å². The van der Waals surface area contributed by atoms with Crippen molar-refractivity contribution in [2.24, 2.45) is 17.8 Å². The van der Waals surface area contributed by atoms with Crippen LogP contribution in [0.15, 0.2) is 11.6 Å². The smallest absolute Gasteiger partial charge is 0.0348 e. The van der Waals surface area contributed by atoms with E-state index in [1.165, 1.54) is 77.5 Å². The van der Waals surface area contributed by atoms with Crippen molar-refractivity contribution >= 4 is 0 Å². The summed E-state index contributed by atoms with van der Waals surface area (Å²) in [6.45, 7) is 5.58. The summed E-state index contributed by atoms with van der Waals surface area (Å²) in [4.78, 5) is 5.78. The highest BCUT2D eigenvalue weighted by atomic mass is 15.2. The summed E-state index contributed by atoms with van der Waals surface area (Å²) in [6.07, 6.45) is 14.5. The molecule has 0 spiro atoms. The van der Waals surface area contributed by atoms with Crippen LogP contribution in [0, 0.1) is 17.8 Å². The molecule has 0 amide bonds. The number of likely N-dealkylation sites (tertiary alicyclic amines) is 1. The van der Waals surface area contributed by atoms with Gasteiger partial charge in [-0.25, -0.2) is 0 Å². The Kier molecular flexibility index (Phi) is 3.19. The van der Waals surface area contributed by atoms with Crippen molar-refractivity contribution in [1.82, 2.24) is 9.80 Å². The fourth-order valence-electron chi connectivity index (χ4n) is 5.92. The van der Waals surface area contributed by atoms with Gasteiger partial charge in [-0.05, 0) is 75.8 Å². The number of hydrogen-bond donors (Lipinski definition) is 0. The van der Waals surface area contributed by atoms with Gasteiger partial charge in [0, 0.05) is 25.2 Å². The summed E-state index contributed by atoms with van der Waals surface area (Å²) in [5.74, 6) is 2.90. The van der Waals surface area contributed by atoms with Crippen LogP contribution in [0.5, 0.6) is 0 Å². The third kappa shape index (κ3) is 2.30. The van der Waals surface area contributed by atoms with Gasteiger partial charge in [-0.3, -0.25) is 9.80 Å². The highest BCUT2D eigenvalue weighted by molar-refractivity contribution is 5.24. The molecule has 0 aromatic carbocycles. The Morgan fingerprint density at radius 3 is 2.90 bits per heavy atom. The van der Waals surface area contributed by atoms with Gasteiger partial charge in [0.2, 0.25) is 0 Å². The molecule has 0 N–H and O–H groups in total. The Hall–Kier alpha value is -0.340. The fraction of sp³-hybridized carbons (Fsp3) is 0.895. The van der Waals surface area contributed by atoms with Gasteiger partial charge in [-0.1, -0.05) is 18.1 Å². The quantitative estimate of drug-likeness (QED) is 0.719. The highest BCUT2D eigenvalue weighted by Gasteiger charge is 2.46. The van der Waals surface area contributed by atoms with Crippen molar-refractivity contribution in [1.29, 1.82) is 0 Å². The Bertz CT molecular complexity index is 439. The maximum absolute atomic E-state index is 2.90. The molecule has 116 valence electrons. The van der Waals surface area contributed by atoms with Crippen molar-refractivity contribution in [3.8, 4) is 0 Å². The number of hydrogen-bond acceptors (Lipinski definition) is 2. The average Bonchev–Trinajstić information content (AvgIpc) is 3.31. The van der Waals surface area contributed by atoms with Crippen molar-refractivity contribution in [3.05, 3.63) is 11.6 Å². The predicted molar refractivity (Wildman–Crippen MR) is 86.2 cm³/mol. The maximum Gasteiger partial charge on any atom is 0.0348 e. The van der Waals surface area contributed by atoms with Crippen LogP contribution in [-0.4, -0.2) is 48.1 Å². The largest absolute Gasteiger partial charge is 0.299 e. The Morgan fingerprint density at radius 2 is 2.00 bits per heavy atom. The standard InChI is InChI=1S/C19H30N2/c1-2-8-20-13-17-11-16(18(20)5-1)10-15-4-3-9-21(19(15)17)12-14-6-7-14/h10,14,16-19H,1-9,11-13H2/t16-,17+,18+,19+/m0/s1. The molecule has 4 atom stereocenters. The second-order valence-electron chi connectivity index (χ2n) is 8.45. The molecular formula is C19H30N2. The predicted octanol–water partition coefficient (Wildman–Crippen LogP) is 3.29. The van der Waals surface area contributed by atoms with Gasteiger partial charge < -0.3 is 0 Å². The minimum Gasteiger partial charge on any atom is -0.299 e. The molecule has 3 aliphatic heterocycles. The summed E-state index contributed by atoms with van der Waals surface area (Å²) in [5, 5.41) is 0. The van der Waals surface area contributed by atoms with Crippen LogP contribution in [-0.2, 0) is 0 Å². The van der Waals surface area contributed by atoms with Crippen LogP contribution in [0.25, 0.3) is 0 Å². The summed E-state index contributed by atoms with van der Waals surface area (Å²) < 4.78 is 0. The number of fused-ring (bicyclic) bond motifs is 6. The topological polar surface area (TPSA) is 6.48 Å². The van der Waals surface area contributed by atoms with Gasteiger partial charge in [0.05, 0.1) is 0 Å². The van der Waals surface area contributed by atoms with E-state index in [4.69, 9.17) is 0 Å². The van der Waals surface area contributed by atoms with Crippen molar-refractivity contribution < 1.29 is 0 Å². The summed E-state index contributed by atoms with van der Waals surface area (Å²) in [7, 11) is 0. The fourth-order valence-corrected chi connectivity index (χ4v) is 5.92. The van der Waals surface area contributed by atoms with Crippen molar-refractivity contribution in [3.63, 3.8) is 0 Å². The second kappa shape index (κ2) is 5.09.